The molecule has 0 saturated carbocycles. The summed E-state index contributed by atoms with van der Waals surface area (Å²) in [6.45, 7) is 12.9. The average molecular weight is 563 g/mol. The van der Waals surface area contributed by atoms with E-state index in [1.165, 1.54) is 4.90 Å². The number of rotatable bonds is 16. The highest BCUT2D eigenvalue weighted by atomic mass is 16.6. The minimum atomic E-state index is -1.36. The number of phenolic OH excluding ortho intramolecular Hbond substituents is 1. The van der Waals surface area contributed by atoms with Gasteiger partial charge in [0.1, 0.15) is 23.4 Å². The van der Waals surface area contributed by atoms with Gasteiger partial charge in [0.25, 0.3) is 0 Å². The fraction of sp³-hybridized carbons (Fsp3) is 0.667. The number of hydrogen-bond donors (Lipinski definition) is 4. The third-order valence-electron chi connectivity index (χ3n) is 6.41. The summed E-state index contributed by atoms with van der Waals surface area (Å²) in [6.07, 6.45) is 4.66. The molecule has 0 radical (unpaired) electrons. The Balaban J connectivity index is 3.59. The summed E-state index contributed by atoms with van der Waals surface area (Å²) < 4.78 is 5.32. The van der Waals surface area contributed by atoms with Crippen LogP contribution in [0, 0.1) is 6.92 Å². The lowest BCUT2D eigenvalue weighted by Crippen LogP contribution is -2.54. The standard InChI is InChI=1S/C30H50N4O6/c1-8-10-11-12-13-18-34(28(38)23(19-24(31)35)33-29(39)40-30(5,6)7)25(27(37)32-21(4)15-9-2)22-17-14-16-20(3)26(22)36/h14,16-17,21,23,25,36H,8-13,15,18-19H2,1-7H3,(H2,31,35)(H,32,37)(H,33,39). The van der Waals surface area contributed by atoms with Crippen molar-refractivity contribution in [3.8, 4) is 5.75 Å². The Bertz CT molecular complexity index is 991. The molecule has 1 aromatic rings. The van der Waals surface area contributed by atoms with Crippen molar-refractivity contribution in [3.63, 3.8) is 0 Å². The maximum atomic E-state index is 14.1. The van der Waals surface area contributed by atoms with Gasteiger partial charge in [0.2, 0.25) is 17.7 Å². The van der Waals surface area contributed by atoms with Gasteiger partial charge in [-0.15, -0.1) is 0 Å². The number of hydrogen-bond acceptors (Lipinski definition) is 6. The highest BCUT2D eigenvalue weighted by molar-refractivity contribution is 5.95. The maximum absolute atomic E-state index is 14.1. The number of nitrogens with zero attached hydrogens (tertiary/aromatic N) is 1. The molecule has 5 N–H and O–H groups in total. The number of benzene rings is 1. The molecule has 0 aliphatic rings. The highest BCUT2D eigenvalue weighted by Gasteiger charge is 2.38. The fourth-order valence-electron chi connectivity index (χ4n) is 4.48. The Labute approximate surface area is 239 Å². The molecular weight excluding hydrogens is 512 g/mol. The highest BCUT2D eigenvalue weighted by Crippen LogP contribution is 2.33. The maximum Gasteiger partial charge on any atom is 0.408 e. The second-order valence-electron chi connectivity index (χ2n) is 11.4. The van der Waals surface area contributed by atoms with Gasteiger partial charge in [-0.1, -0.05) is 64.2 Å². The summed E-state index contributed by atoms with van der Waals surface area (Å²) >= 11 is 0. The zero-order valence-electron chi connectivity index (χ0n) is 25.3. The number of aryl methyl sites for hydroxylation is 1. The Morgan fingerprint density at radius 1 is 1.02 bits per heavy atom. The molecule has 1 rings (SSSR count). The van der Waals surface area contributed by atoms with Gasteiger partial charge in [0, 0.05) is 18.2 Å². The predicted octanol–water partition coefficient (Wildman–Crippen LogP) is 4.61. The molecule has 0 saturated heterocycles. The Hall–Kier alpha value is -3.30. The molecule has 0 fully saturated rings. The number of amides is 4. The normalized spacial score (nSPS) is 13.6. The number of phenols is 1. The summed E-state index contributed by atoms with van der Waals surface area (Å²) in [4.78, 5) is 53.9. The van der Waals surface area contributed by atoms with Crippen LogP contribution in [0.4, 0.5) is 4.79 Å². The van der Waals surface area contributed by atoms with Crippen LogP contribution in [0.15, 0.2) is 18.2 Å². The number of aromatic hydroxyl groups is 1. The first-order valence-electron chi connectivity index (χ1n) is 14.4. The van der Waals surface area contributed by atoms with Crippen molar-refractivity contribution >= 4 is 23.8 Å². The first kappa shape index (κ1) is 34.7. The van der Waals surface area contributed by atoms with Crippen molar-refractivity contribution in [2.75, 3.05) is 6.54 Å². The van der Waals surface area contributed by atoms with Crippen LogP contribution in [0.25, 0.3) is 0 Å². The monoisotopic (exact) mass is 562 g/mol. The molecule has 0 heterocycles. The number of para-hydroxylation sites is 1. The van der Waals surface area contributed by atoms with E-state index in [0.29, 0.717) is 12.0 Å². The van der Waals surface area contributed by atoms with Crippen LogP contribution in [-0.4, -0.2) is 58.1 Å². The van der Waals surface area contributed by atoms with Crippen molar-refractivity contribution in [2.45, 2.75) is 124 Å². The number of carbonyl (C=O) groups is 4. The SMILES string of the molecule is CCCCCCCN(C(=O)C(CC(N)=O)NC(=O)OC(C)(C)C)C(C(=O)NC(C)CCC)c1cccc(C)c1O. The van der Waals surface area contributed by atoms with Crippen LogP contribution >= 0.6 is 0 Å². The average Bonchev–Trinajstić information content (AvgIpc) is 2.83. The molecular formula is C30H50N4O6. The molecule has 40 heavy (non-hydrogen) atoms. The second kappa shape index (κ2) is 16.7. The van der Waals surface area contributed by atoms with Gasteiger partial charge in [-0.3, -0.25) is 14.4 Å². The van der Waals surface area contributed by atoms with Crippen LogP contribution in [0.3, 0.4) is 0 Å². The van der Waals surface area contributed by atoms with Gasteiger partial charge >= 0.3 is 6.09 Å². The van der Waals surface area contributed by atoms with E-state index >= 15 is 0 Å². The van der Waals surface area contributed by atoms with Crippen molar-refractivity contribution in [2.24, 2.45) is 5.73 Å². The number of carbonyl (C=O) groups excluding carboxylic acids is 4. The van der Waals surface area contributed by atoms with Crippen LogP contribution in [0.1, 0.15) is 110 Å². The number of nitrogens with one attached hydrogen (secondary N) is 2. The van der Waals surface area contributed by atoms with E-state index < -0.39 is 47.9 Å². The predicted molar refractivity (Wildman–Crippen MR) is 156 cm³/mol. The van der Waals surface area contributed by atoms with Crippen LogP contribution in [0.2, 0.25) is 0 Å². The molecule has 10 heteroatoms. The first-order valence-corrected chi connectivity index (χ1v) is 14.4. The van der Waals surface area contributed by atoms with Crippen molar-refractivity contribution in [3.05, 3.63) is 29.3 Å². The van der Waals surface area contributed by atoms with Gasteiger partial charge < -0.3 is 31.1 Å². The van der Waals surface area contributed by atoms with E-state index in [2.05, 4.69) is 17.6 Å². The summed E-state index contributed by atoms with van der Waals surface area (Å²) in [7, 11) is 0. The topological polar surface area (TPSA) is 151 Å². The number of nitrogens with two attached hydrogens (primary N) is 1. The zero-order valence-corrected chi connectivity index (χ0v) is 25.3. The van der Waals surface area contributed by atoms with Crippen LogP contribution in [0.5, 0.6) is 5.75 Å². The number of primary amides is 1. The molecule has 10 nitrogen and oxygen atoms in total. The minimum Gasteiger partial charge on any atom is -0.507 e. The number of unbranched alkanes of at least 4 members (excludes halogenated alkanes) is 4. The zero-order chi connectivity index (χ0) is 30.5. The van der Waals surface area contributed by atoms with Gasteiger partial charge in [-0.2, -0.15) is 0 Å². The second-order valence-corrected chi connectivity index (χ2v) is 11.4. The molecule has 0 aliphatic carbocycles. The Morgan fingerprint density at radius 3 is 2.25 bits per heavy atom. The van der Waals surface area contributed by atoms with E-state index in [4.69, 9.17) is 10.5 Å². The van der Waals surface area contributed by atoms with E-state index in [1.54, 1.807) is 45.9 Å². The van der Waals surface area contributed by atoms with Gasteiger partial charge in [0.05, 0.1) is 6.42 Å². The lowest BCUT2D eigenvalue weighted by molar-refractivity contribution is -0.143. The molecule has 3 unspecified atom stereocenters. The van der Waals surface area contributed by atoms with Crippen molar-refractivity contribution < 1.29 is 29.0 Å². The molecule has 0 aliphatic heterocycles. The summed E-state index contributed by atoms with van der Waals surface area (Å²) in [6, 6.07) is 2.30. The van der Waals surface area contributed by atoms with E-state index in [0.717, 1.165) is 38.5 Å². The van der Waals surface area contributed by atoms with E-state index in [1.807, 2.05) is 13.8 Å². The smallest absolute Gasteiger partial charge is 0.408 e. The third kappa shape index (κ3) is 11.8. The molecule has 0 bridgehead atoms. The lowest BCUT2D eigenvalue weighted by Gasteiger charge is -2.35. The molecule has 0 aromatic heterocycles. The quantitative estimate of drug-likeness (QED) is 0.216. The van der Waals surface area contributed by atoms with Gasteiger partial charge in [-0.25, -0.2) is 4.79 Å². The lowest BCUT2D eigenvalue weighted by atomic mass is 9.98. The van der Waals surface area contributed by atoms with Crippen LogP contribution < -0.4 is 16.4 Å². The van der Waals surface area contributed by atoms with Crippen molar-refractivity contribution in [1.82, 2.24) is 15.5 Å². The third-order valence-corrected chi connectivity index (χ3v) is 6.41. The molecule has 1 aromatic carbocycles. The number of alkyl carbamates (subject to hydrolysis) is 1. The van der Waals surface area contributed by atoms with Gasteiger partial charge in [-0.05, 0) is 53.0 Å². The summed E-state index contributed by atoms with van der Waals surface area (Å²) in [5.74, 6) is -2.02. The Morgan fingerprint density at radius 2 is 1.68 bits per heavy atom. The van der Waals surface area contributed by atoms with Gasteiger partial charge in [0.15, 0.2) is 0 Å². The molecule has 226 valence electrons. The van der Waals surface area contributed by atoms with E-state index in [9.17, 15) is 24.3 Å². The van der Waals surface area contributed by atoms with Crippen LogP contribution in [-0.2, 0) is 19.1 Å². The van der Waals surface area contributed by atoms with Crippen molar-refractivity contribution in [1.29, 1.82) is 0 Å². The molecule has 4 amide bonds. The largest absolute Gasteiger partial charge is 0.507 e. The van der Waals surface area contributed by atoms with E-state index in [-0.39, 0.29) is 23.9 Å². The fourth-order valence-corrected chi connectivity index (χ4v) is 4.48. The summed E-state index contributed by atoms with van der Waals surface area (Å²) in [5, 5.41) is 16.5. The molecule has 0 spiro atoms. The molecule has 3 atom stereocenters. The minimum absolute atomic E-state index is 0.0962. The Kier molecular flexibility index (Phi) is 14.5. The first-order chi connectivity index (χ1) is 18.7. The number of ether oxygens (including phenoxy) is 1. The summed E-state index contributed by atoms with van der Waals surface area (Å²) in [5.41, 5.74) is 5.43.